The molecule has 0 radical (unpaired) electrons. The second kappa shape index (κ2) is 7.65. The Morgan fingerprint density at radius 2 is 1.96 bits per heavy atom. The third-order valence-electron chi connectivity index (χ3n) is 4.47. The van der Waals surface area contributed by atoms with Gasteiger partial charge in [0, 0.05) is 6.26 Å². The van der Waals surface area contributed by atoms with Crippen LogP contribution in [0.2, 0.25) is 0 Å². The van der Waals surface area contributed by atoms with Crippen molar-refractivity contribution in [3.63, 3.8) is 0 Å². The summed E-state index contributed by atoms with van der Waals surface area (Å²) in [5.74, 6) is -0.586. The van der Waals surface area contributed by atoms with Crippen molar-refractivity contribution < 1.29 is 26.7 Å². The molecule has 1 amide bonds. The van der Waals surface area contributed by atoms with Crippen LogP contribution in [0.5, 0.6) is 5.75 Å². The highest BCUT2D eigenvalue weighted by atomic mass is 32.2. The molecule has 0 aliphatic carbocycles. The van der Waals surface area contributed by atoms with E-state index in [1.54, 1.807) is 13.0 Å². The number of amides is 1. The molecule has 1 aromatic carbocycles. The van der Waals surface area contributed by atoms with Crippen LogP contribution < -0.4 is 15.4 Å². The fourth-order valence-corrected chi connectivity index (χ4v) is 4.31. The maximum Gasteiger partial charge on any atom is 0.387 e. The van der Waals surface area contributed by atoms with Gasteiger partial charge in [0.2, 0.25) is 5.91 Å². The molecule has 140 valence electrons. The molecule has 9 heteroatoms. The van der Waals surface area contributed by atoms with Gasteiger partial charge in [0.1, 0.15) is 5.75 Å². The van der Waals surface area contributed by atoms with E-state index >= 15 is 0 Å². The Balaban J connectivity index is 2.18. The molecule has 0 spiro atoms. The van der Waals surface area contributed by atoms with Crippen molar-refractivity contribution >= 4 is 15.7 Å². The van der Waals surface area contributed by atoms with Crippen molar-refractivity contribution in [2.75, 3.05) is 19.3 Å². The van der Waals surface area contributed by atoms with Gasteiger partial charge in [-0.1, -0.05) is 12.1 Å². The normalized spacial score (nSPS) is 18.6. The number of piperidine rings is 1. The average Bonchev–Trinajstić information content (AvgIpc) is 2.54. The molecule has 1 aromatic rings. The van der Waals surface area contributed by atoms with E-state index < -0.39 is 33.1 Å². The number of carbonyl (C=O) groups excluding carboxylic acids is 1. The quantitative estimate of drug-likeness (QED) is 0.788. The van der Waals surface area contributed by atoms with E-state index in [0.29, 0.717) is 18.7 Å². The first-order valence-electron chi connectivity index (χ1n) is 7.92. The van der Waals surface area contributed by atoms with Crippen LogP contribution in [-0.2, 0) is 14.6 Å². The summed E-state index contributed by atoms with van der Waals surface area (Å²) in [4.78, 5) is 12.7. The van der Waals surface area contributed by atoms with E-state index in [2.05, 4.69) is 15.4 Å². The van der Waals surface area contributed by atoms with E-state index in [1.165, 1.54) is 18.2 Å². The maximum absolute atomic E-state index is 12.7. The van der Waals surface area contributed by atoms with Crippen LogP contribution in [0.4, 0.5) is 8.78 Å². The summed E-state index contributed by atoms with van der Waals surface area (Å²) in [5, 5.41) is 5.75. The zero-order valence-corrected chi connectivity index (χ0v) is 14.9. The summed E-state index contributed by atoms with van der Waals surface area (Å²) in [7, 11) is -3.61. The van der Waals surface area contributed by atoms with Gasteiger partial charge in [-0.25, -0.2) is 8.42 Å². The number of halogens is 2. The predicted octanol–water partition coefficient (Wildman–Crippen LogP) is 1.63. The van der Waals surface area contributed by atoms with Gasteiger partial charge in [-0.15, -0.1) is 0 Å². The molecule has 1 fully saturated rings. The van der Waals surface area contributed by atoms with Gasteiger partial charge in [-0.05, 0) is 50.6 Å². The van der Waals surface area contributed by atoms with Crippen LogP contribution in [-0.4, -0.2) is 45.0 Å². The predicted molar refractivity (Wildman–Crippen MR) is 89.3 cm³/mol. The maximum atomic E-state index is 12.7. The van der Waals surface area contributed by atoms with Crippen molar-refractivity contribution in [1.29, 1.82) is 0 Å². The molecule has 2 N–H and O–H groups in total. The lowest BCUT2D eigenvalue weighted by Crippen LogP contribution is -2.57. The van der Waals surface area contributed by atoms with Crippen molar-refractivity contribution in [1.82, 2.24) is 10.6 Å². The molecule has 25 heavy (non-hydrogen) atoms. The van der Waals surface area contributed by atoms with Gasteiger partial charge >= 0.3 is 6.61 Å². The number of hydrogen-bond donors (Lipinski definition) is 2. The largest absolute Gasteiger partial charge is 0.435 e. The second-order valence-electron chi connectivity index (χ2n) is 6.16. The highest BCUT2D eigenvalue weighted by Gasteiger charge is 2.48. The number of sulfone groups is 1. The third kappa shape index (κ3) is 4.46. The number of nitrogens with one attached hydrogen (secondary N) is 2. The van der Waals surface area contributed by atoms with Gasteiger partial charge < -0.3 is 15.4 Å². The molecule has 0 saturated carbocycles. The zero-order chi connectivity index (χ0) is 18.7. The fraction of sp³-hybridized carbons (Fsp3) is 0.562. The molecule has 1 aliphatic heterocycles. The van der Waals surface area contributed by atoms with Gasteiger partial charge in [0.15, 0.2) is 14.6 Å². The molecule has 0 bridgehead atoms. The molecular formula is C16H22F2N2O4S. The van der Waals surface area contributed by atoms with E-state index in [1.807, 2.05) is 0 Å². The van der Waals surface area contributed by atoms with Crippen LogP contribution in [0.1, 0.15) is 31.4 Å². The van der Waals surface area contributed by atoms with Crippen molar-refractivity contribution in [3.8, 4) is 5.75 Å². The van der Waals surface area contributed by atoms with E-state index in [9.17, 15) is 22.0 Å². The summed E-state index contributed by atoms with van der Waals surface area (Å²) in [5.41, 5.74) is 0.545. The number of hydrogen-bond acceptors (Lipinski definition) is 5. The molecule has 0 aromatic heterocycles. The average molecular weight is 376 g/mol. The number of ether oxygens (including phenoxy) is 1. The molecule has 1 unspecified atom stereocenters. The lowest BCUT2D eigenvalue weighted by Gasteiger charge is -2.35. The number of carbonyl (C=O) groups is 1. The van der Waals surface area contributed by atoms with Crippen LogP contribution in [0.15, 0.2) is 24.3 Å². The Bertz CT molecular complexity index is 719. The molecule has 1 aliphatic rings. The van der Waals surface area contributed by atoms with E-state index in [4.69, 9.17) is 0 Å². The van der Waals surface area contributed by atoms with Crippen molar-refractivity contribution in [2.24, 2.45) is 0 Å². The molecule has 2 rings (SSSR count). The minimum absolute atomic E-state index is 0.0201. The monoisotopic (exact) mass is 376 g/mol. The SMILES string of the molecule is CC(NC(=O)C1(S(C)(=O)=O)CCNCC1)c1cccc(OC(F)F)c1. The first kappa shape index (κ1) is 19.6. The van der Waals surface area contributed by atoms with Crippen molar-refractivity contribution in [3.05, 3.63) is 29.8 Å². The standard InChI is InChI=1S/C16H22F2N2O4S/c1-11(12-4-3-5-13(10-12)24-15(17)18)20-14(21)16(25(2,22)23)6-8-19-9-7-16/h3-5,10-11,15,19H,6-9H2,1-2H3,(H,20,21). The second-order valence-corrected chi connectivity index (χ2v) is 8.49. The highest BCUT2D eigenvalue weighted by Crippen LogP contribution is 2.29. The van der Waals surface area contributed by atoms with Gasteiger partial charge in [-0.2, -0.15) is 8.78 Å². The number of benzene rings is 1. The molecule has 6 nitrogen and oxygen atoms in total. The van der Waals surface area contributed by atoms with Crippen molar-refractivity contribution in [2.45, 2.75) is 37.2 Å². The molecule has 1 heterocycles. The summed E-state index contributed by atoms with van der Waals surface area (Å²) in [6.07, 6.45) is 1.46. The third-order valence-corrected chi connectivity index (χ3v) is 6.48. The lowest BCUT2D eigenvalue weighted by atomic mass is 9.95. The lowest BCUT2D eigenvalue weighted by molar-refractivity contribution is -0.125. The fourth-order valence-electron chi connectivity index (χ4n) is 2.97. The summed E-state index contributed by atoms with van der Waals surface area (Å²) in [6.45, 7) is -0.404. The van der Waals surface area contributed by atoms with E-state index in [0.717, 1.165) is 6.26 Å². The van der Waals surface area contributed by atoms with Gasteiger partial charge in [0.25, 0.3) is 0 Å². The Morgan fingerprint density at radius 3 is 2.52 bits per heavy atom. The summed E-state index contributed by atoms with van der Waals surface area (Å²) >= 11 is 0. The van der Waals surface area contributed by atoms with Crippen LogP contribution in [0.3, 0.4) is 0 Å². The summed E-state index contributed by atoms with van der Waals surface area (Å²) in [6, 6.07) is 5.41. The van der Waals surface area contributed by atoms with E-state index in [-0.39, 0.29) is 18.6 Å². The number of alkyl halides is 2. The van der Waals surface area contributed by atoms with Gasteiger partial charge in [-0.3, -0.25) is 4.79 Å². The molecule has 1 atom stereocenters. The Hall–Kier alpha value is -1.74. The van der Waals surface area contributed by atoms with Crippen LogP contribution in [0.25, 0.3) is 0 Å². The smallest absolute Gasteiger partial charge is 0.387 e. The Morgan fingerprint density at radius 1 is 1.32 bits per heavy atom. The Kier molecular flexibility index (Phi) is 5.99. The first-order chi connectivity index (χ1) is 11.7. The minimum Gasteiger partial charge on any atom is -0.435 e. The van der Waals surface area contributed by atoms with Crippen LogP contribution in [0, 0.1) is 0 Å². The molecule has 1 saturated heterocycles. The minimum atomic E-state index is -3.61. The summed E-state index contributed by atoms with van der Waals surface area (Å²) < 4.78 is 52.0. The first-order valence-corrected chi connectivity index (χ1v) is 9.81. The zero-order valence-electron chi connectivity index (χ0n) is 14.1. The number of rotatable bonds is 6. The topological polar surface area (TPSA) is 84.5 Å². The highest BCUT2D eigenvalue weighted by molar-refractivity contribution is 7.92. The molecular weight excluding hydrogens is 354 g/mol. The Labute approximate surface area is 145 Å². The van der Waals surface area contributed by atoms with Crippen LogP contribution >= 0.6 is 0 Å². The van der Waals surface area contributed by atoms with Gasteiger partial charge in [0.05, 0.1) is 6.04 Å².